The molecule has 8 heteroatoms. The molecule has 35 heavy (non-hydrogen) atoms. The minimum atomic E-state index is -0.0278. The molecule has 1 N–H and O–H groups in total. The van der Waals surface area contributed by atoms with Gasteiger partial charge in [0.25, 0.3) is 0 Å². The van der Waals surface area contributed by atoms with Crippen LogP contribution in [0.5, 0.6) is 0 Å². The van der Waals surface area contributed by atoms with E-state index in [2.05, 4.69) is 53.5 Å². The van der Waals surface area contributed by atoms with Crippen molar-refractivity contribution >= 4 is 12.2 Å². The van der Waals surface area contributed by atoms with Gasteiger partial charge < -0.3 is 29.2 Å². The molecule has 8 nitrogen and oxygen atoms in total. The molecule has 0 saturated heterocycles. The molecular formula is C27H47N3O5. The molecule has 1 heterocycles. The van der Waals surface area contributed by atoms with Gasteiger partial charge in [-0.05, 0) is 58.1 Å². The Morgan fingerprint density at radius 2 is 1.69 bits per heavy atom. The first-order chi connectivity index (χ1) is 17.0. The number of amides is 1. The zero-order chi connectivity index (χ0) is 25.7. The predicted octanol–water partition coefficient (Wildman–Crippen LogP) is 2.54. The Bertz CT molecular complexity index is 687. The topological polar surface area (TPSA) is 80.3 Å². The third-order valence-electron chi connectivity index (χ3n) is 5.86. The zero-order valence-electron chi connectivity index (χ0n) is 22.3. The lowest BCUT2D eigenvalue weighted by Crippen LogP contribution is -2.48. The van der Waals surface area contributed by atoms with E-state index in [1.165, 1.54) is 43.4 Å². The lowest BCUT2D eigenvalue weighted by Gasteiger charge is -2.33. The van der Waals surface area contributed by atoms with Crippen molar-refractivity contribution in [3.05, 3.63) is 35.4 Å². The van der Waals surface area contributed by atoms with Crippen molar-refractivity contribution in [1.82, 2.24) is 15.1 Å². The van der Waals surface area contributed by atoms with Crippen LogP contribution in [0.3, 0.4) is 0 Å². The van der Waals surface area contributed by atoms with Crippen molar-refractivity contribution in [3.63, 3.8) is 0 Å². The Labute approximate surface area is 212 Å². The van der Waals surface area contributed by atoms with Crippen LogP contribution in [-0.4, -0.2) is 102 Å². The minimum Gasteiger partial charge on any atom is -0.382 e. The fourth-order valence-corrected chi connectivity index (χ4v) is 3.85. The Morgan fingerprint density at radius 1 is 1.03 bits per heavy atom. The van der Waals surface area contributed by atoms with Gasteiger partial charge in [0.1, 0.15) is 12.9 Å². The van der Waals surface area contributed by atoms with Gasteiger partial charge in [-0.2, -0.15) is 0 Å². The van der Waals surface area contributed by atoms with Crippen LogP contribution in [0.25, 0.3) is 0 Å². The number of aldehydes is 1. The van der Waals surface area contributed by atoms with Gasteiger partial charge in [-0.25, -0.2) is 0 Å². The number of benzene rings is 1. The molecule has 0 saturated carbocycles. The molecule has 1 unspecified atom stereocenters. The second-order valence-electron chi connectivity index (χ2n) is 9.11. The van der Waals surface area contributed by atoms with Crippen LogP contribution in [0, 0.1) is 0 Å². The van der Waals surface area contributed by atoms with E-state index in [0.717, 1.165) is 32.2 Å². The molecule has 1 aromatic carbocycles. The lowest BCUT2D eigenvalue weighted by molar-refractivity contribution is -0.126. The number of likely N-dealkylation sites (N-methyl/N-ethyl adjacent to an activating group) is 1. The Balaban J connectivity index is 0.000000471. The summed E-state index contributed by atoms with van der Waals surface area (Å²) in [6.07, 6.45) is 7.65. The number of carbonyl (C=O) groups is 2. The molecule has 0 spiro atoms. The van der Waals surface area contributed by atoms with Crippen molar-refractivity contribution in [2.24, 2.45) is 0 Å². The number of nitrogens with zero attached hydrogens (tertiary/aromatic N) is 2. The largest absolute Gasteiger partial charge is 0.382 e. The van der Waals surface area contributed by atoms with Crippen molar-refractivity contribution in [3.8, 4) is 0 Å². The lowest BCUT2D eigenvalue weighted by atomic mass is 9.94. The van der Waals surface area contributed by atoms with E-state index in [1.54, 1.807) is 7.11 Å². The van der Waals surface area contributed by atoms with Gasteiger partial charge in [-0.15, -0.1) is 0 Å². The van der Waals surface area contributed by atoms with E-state index in [4.69, 9.17) is 14.2 Å². The third-order valence-corrected chi connectivity index (χ3v) is 5.86. The van der Waals surface area contributed by atoms with Crippen molar-refractivity contribution in [2.45, 2.75) is 51.1 Å². The molecular weight excluding hydrogens is 446 g/mol. The fraction of sp³-hybridized carbons (Fsp3) is 0.704. The van der Waals surface area contributed by atoms with E-state index in [1.807, 2.05) is 7.05 Å². The third kappa shape index (κ3) is 15.0. The molecule has 1 amide bonds. The first kappa shape index (κ1) is 31.2. The van der Waals surface area contributed by atoms with Gasteiger partial charge in [0.05, 0.1) is 32.5 Å². The summed E-state index contributed by atoms with van der Waals surface area (Å²) in [7, 11) is 7.91. The number of unbranched alkanes of at least 4 members (excludes halogenated alkanes) is 4. The van der Waals surface area contributed by atoms with Crippen LogP contribution >= 0.6 is 0 Å². The van der Waals surface area contributed by atoms with Crippen LogP contribution in [0.4, 0.5) is 0 Å². The Hall–Kier alpha value is -1.84. The molecule has 0 aromatic heterocycles. The van der Waals surface area contributed by atoms with Crippen molar-refractivity contribution < 1.29 is 23.8 Å². The maximum atomic E-state index is 12.5. The van der Waals surface area contributed by atoms with E-state index in [0.29, 0.717) is 26.4 Å². The molecule has 0 radical (unpaired) electrons. The van der Waals surface area contributed by atoms with E-state index in [-0.39, 0.29) is 18.6 Å². The average Bonchev–Trinajstić information content (AvgIpc) is 2.85. The van der Waals surface area contributed by atoms with Crippen molar-refractivity contribution in [2.75, 3.05) is 74.4 Å². The smallest absolute Gasteiger partial charge is 0.237 e. The molecule has 200 valence electrons. The van der Waals surface area contributed by atoms with Gasteiger partial charge in [0.15, 0.2) is 0 Å². The summed E-state index contributed by atoms with van der Waals surface area (Å²) in [5.41, 5.74) is 2.67. The number of nitrogens with one attached hydrogen (secondary N) is 1. The number of ether oxygens (including phenoxy) is 3. The average molecular weight is 494 g/mol. The first-order valence-corrected chi connectivity index (χ1v) is 12.8. The van der Waals surface area contributed by atoms with Gasteiger partial charge in [0, 0.05) is 20.2 Å². The summed E-state index contributed by atoms with van der Waals surface area (Å²) in [6, 6.07) is 8.42. The molecule has 2 rings (SSSR count). The quantitative estimate of drug-likeness (QED) is 0.264. The number of methoxy groups -OCH3 is 1. The molecule has 0 fully saturated rings. The van der Waals surface area contributed by atoms with Gasteiger partial charge in [0.2, 0.25) is 5.91 Å². The molecule has 1 aliphatic rings. The summed E-state index contributed by atoms with van der Waals surface area (Å²) in [5.74, 6) is 0.180. The molecule has 1 atom stereocenters. The first-order valence-electron chi connectivity index (χ1n) is 12.8. The Morgan fingerprint density at radius 3 is 2.40 bits per heavy atom. The maximum absolute atomic E-state index is 12.5. The van der Waals surface area contributed by atoms with Crippen LogP contribution in [-0.2, 0) is 36.8 Å². The van der Waals surface area contributed by atoms with E-state index >= 15 is 0 Å². The standard InChI is InChI=1S/C20H33N3O.C7H14O4/c1-22(2)14-10-6-4-5-9-13-21-20(24)19-15-17-11-7-8-12-18(17)16-23(19)3;1-9-4-5-11-7-6-10-3-2-8/h7-8,11-12,19H,4-6,9-10,13-16H2,1-3H3,(H,21,24);2H,3-7H2,1H3. The monoisotopic (exact) mass is 493 g/mol. The second-order valence-corrected chi connectivity index (χ2v) is 9.11. The molecule has 1 aromatic rings. The van der Waals surface area contributed by atoms with Gasteiger partial charge in [-0.3, -0.25) is 9.69 Å². The van der Waals surface area contributed by atoms with Crippen LogP contribution in [0.2, 0.25) is 0 Å². The summed E-state index contributed by atoms with van der Waals surface area (Å²) in [6.45, 7) is 5.12. The number of carbonyl (C=O) groups excluding carboxylic acids is 2. The predicted molar refractivity (Wildman–Crippen MR) is 140 cm³/mol. The fourth-order valence-electron chi connectivity index (χ4n) is 3.85. The summed E-state index contributed by atoms with van der Waals surface area (Å²) < 4.78 is 14.6. The van der Waals surface area contributed by atoms with Crippen LogP contribution < -0.4 is 5.32 Å². The number of fused-ring (bicyclic) bond motifs is 1. The highest BCUT2D eigenvalue weighted by Gasteiger charge is 2.28. The molecule has 0 aliphatic carbocycles. The molecule has 1 aliphatic heterocycles. The minimum absolute atomic E-state index is 0.0278. The summed E-state index contributed by atoms with van der Waals surface area (Å²) in [5, 5.41) is 3.13. The number of hydrogen-bond acceptors (Lipinski definition) is 7. The summed E-state index contributed by atoms with van der Waals surface area (Å²) in [4.78, 5) is 26.6. The maximum Gasteiger partial charge on any atom is 0.237 e. The summed E-state index contributed by atoms with van der Waals surface area (Å²) >= 11 is 0. The zero-order valence-corrected chi connectivity index (χ0v) is 22.3. The Kier molecular flexibility index (Phi) is 18.1. The number of hydrogen-bond donors (Lipinski definition) is 1. The van der Waals surface area contributed by atoms with E-state index < -0.39 is 0 Å². The number of rotatable bonds is 17. The van der Waals surface area contributed by atoms with Crippen LogP contribution in [0.1, 0.15) is 43.2 Å². The van der Waals surface area contributed by atoms with Crippen LogP contribution in [0.15, 0.2) is 24.3 Å². The SMILES string of the molecule is CN(C)CCCCCCCNC(=O)C1Cc2ccccc2CN1C.COCCOCCOCC=O. The second kappa shape index (κ2) is 20.4. The van der Waals surface area contributed by atoms with Gasteiger partial charge in [-0.1, -0.05) is 43.5 Å². The molecule has 0 bridgehead atoms. The van der Waals surface area contributed by atoms with E-state index in [9.17, 15) is 9.59 Å². The highest BCUT2D eigenvalue weighted by Crippen LogP contribution is 2.21. The van der Waals surface area contributed by atoms with Crippen molar-refractivity contribution in [1.29, 1.82) is 0 Å². The highest BCUT2D eigenvalue weighted by molar-refractivity contribution is 5.82. The van der Waals surface area contributed by atoms with Gasteiger partial charge >= 0.3 is 0 Å². The normalized spacial score (nSPS) is 15.3. The highest BCUT2D eigenvalue weighted by atomic mass is 16.5.